The van der Waals surface area contributed by atoms with E-state index in [2.05, 4.69) is 32.2 Å². The third-order valence-electron chi connectivity index (χ3n) is 6.14. The summed E-state index contributed by atoms with van der Waals surface area (Å²) in [5.41, 5.74) is 1.33. The highest BCUT2D eigenvalue weighted by Crippen LogP contribution is 2.20. The zero-order valence-corrected chi connectivity index (χ0v) is 21.9. The molecule has 1 aromatic rings. The first-order valence-corrected chi connectivity index (χ1v) is 11.4. The number of carbonyl (C=O) groups excluding carboxylic acids is 1. The Bertz CT molecular complexity index is 715. The van der Waals surface area contributed by atoms with Gasteiger partial charge in [0.05, 0.1) is 13.7 Å². The third kappa shape index (κ3) is 7.68. The number of piperazine rings is 1. The van der Waals surface area contributed by atoms with Crippen molar-refractivity contribution in [2.75, 3.05) is 66.6 Å². The molecule has 0 aliphatic carbocycles. The Hall–Kier alpha value is -1.75. The van der Waals surface area contributed by atoms with E-state index in [1.807, 2.05) is 26.1 Å². The van der Waals surface area contributed by atoms with Gasteiger partial charge in [-0.15, -0.1) is 24.0 Å². The lowest BCUT2D eigenvalue weighted by Crippen LogP contribution is -2.54. The van der Waals surface area contributed by atoms with Gasteiger partial charge in [-0.05, 0) is 56.5 Å². The van der Waals surface area contributed by atoms with Gasteiger partial charge in [-0.1, -0.05) is 12.1 Å². The third-order valence-corrected chi connectivity index (χ3v) is 6.14. The van der Waals surface area contributed by atoms with Crippen molar-refractivity contribution in [3.8, 4) is 5.75 Å². The number of likely N-dealkylation sites (tertiary alicyclic amines) is 1. The summed E-state index contributed by atoms with van der Waals surface area (Å²) < 4.78 is 10.3. The van der Waals surface area contributed by atoms with E-state index in [0.717, 1.165) is 51.0 Å². The van der Waals surface area contributed by atoms with Gasteiger partial charge in [-0.3, -0.25) is 9.89 Å². The molecule has 0 radical (unpaired) electrons. The number of nitrogens with zero attached hydrogens (tertiary/aromatic N) is 4. The summed E-state index contributed by atoms with van der Waals surface area (Å²) in [6.45, 7) is 9.33. The van der Waals surface area contributed by atoms with Gasteiger partial charge in [0.2, 0.25) is 0 Å². The van der Waals surface area contributed by atoms with Gasteiger partial charge >= 0.3 is 6.09 Å². The molecule has 0 atom stereocenters. The van der Waals surface area contributed by atoms with Crippen LogP contribution in [0.2, 0.25) is 0 Å². The molecule has 0 spiro atoms. The van der Waals surface area contributed by atoms with E-state index in [-0.39, 0.29) is 30.1 Å². The summed E-state index contributed by atoms with van der Waals surface area (Å²) in [4.78, 5) is 22.9. The number of hydrogen-bond acceptors (Lipinski definition) is 5. The number of guanidine groups is 1. The van der Waals surface area contributed by atoms with E-state index >= 15 is 0 Å². The minimum Gasteiger partial charge on any atom is -0.497 e. The van der Waals surface area contributed by atoms with Crippen molar-refractivity contribution in [3.05, 3.63) is 29.8 Å². The second-order valence-electron chi connectivity index (χ2n) is 8.17. The molecule has 9 heteroatoms. The molecule has 2 aliphatic rings. The van der Waals surface area contributed by atoms with Crippen molar-refractivity contribution in [2.45, 2.75) is 26.3 Å². The highest BCUT2D eigenvalue weighted by atomic mass is 127. The lowest BCUT2D eigenvalue weighted by Gasteiger charge is -2.37. The standard InChI is InChI=1S/C23H37N5O3.HI/c1-4-31-23(29)28-15-13-27(14-16-28)22(24-2)25-17-19-9-11-26(12-10-19)18-20-5-7-21(30-3)8-6-20;/h5-8,19H,4,9-18H2,1-3H3,(H,24,25);1H. The maximum atomic E-state index is 11.9. The van der Waals surface area contributed by atoms with E-state index in [1.54, 1.807) is 12.0 Å². The van der Waals surface area contributed by atoms with Crippen molar-refractivity contribution in [1.29, 1.82) is 0 Å². The monoisotopic (exact) mass is 559 g/mol. The van der Waals surface area contributed by atoms with Crippen LogP contribution in [0.5, 0.6) is 5.75 Å². The highest BCUT2D eigenvalue weighted by Gasteiger charge is 2.25. The summed E-state index contributed by atoms with van der Waals surface area (Å²) in [6.07, 6.45) is 2.17. The predicted octanol–water partition coefficient (Wildman–Crippen LogP) is 2.87. The van der Waals surface area contributed by atoms with Gasteiger partial charge in [0, 0.05) is 46.3 Å². The van der Waals surface area contributed by atoms with Crippen LogP contribution in [0.15, 0.2) is 29.3 Å². The fourth-order valence-electron chi connectivity index (χ4n) is 4.22. The fourth-order valence-corrected chi connectivity index (χ4v) is 4.22. The maximum Gasteiger partial charge on any atom is 0.409 e. The SMILES string of the molecule is CCOC(=O)N1CCN(C(=NC)NCC2CCN(Cc3ccc(OC)cc3)CC2)CC1.I. The zero-order valence-electron chi connectivity index (χ0n) is 19.6. The van der Waals surface area contributed by atoms with Crippen LogP contribution in [0, 0.1) is 5.92 Å². The molecular weight excluding hydrogens is 521 g/mol. The first kappa shape index (κ1) is 26.5. The van der Waals surface area contributed by atoms with Crippen LogP contribution < -0.4 is 10.1 Å². The lowest BCUT2D eigenvalue weighted by atomic mass is 9.96. The smallest absolute Gasteiger partial charge is 0.409 e. The number of nitrogens with one attached hydrogen (secondary N) is 1. The second-order valence-corrected chi connectivity index (χ2v) is 8.17. The minimum atomic E-state index is -0.216. The van der Waals surface area contributed by atoms with E-state index in [1.165, 1.54) is 18.4 Å². The molecule has 0 saturated carbocycles. The number of amides is 1. The molecule has 0 aromatic heterocycles. The van der Waals surface area contributed by atoms with Gasteiger partial charge in [-0.25, -0.2) is 4.79 Å². The molecule has 2 aliphatic heterocycles. The summed E-state index contributed by atoms with van der Waals surface area (Å²) in [5, 5.41) is 3.56. The summed E-state index contributed by atoms with van der Waals surface area (Å²) in [5.74, 6) is 2.50. The zero-order chi connectivity index (χ0) is 22.1. The van der Waals surface area contributed by atoms with Crippen LogP contribution in [-0.4, -0.2) is 93.3 Å². The Balaban J connectivity index is 0.00000363. The fraction of sp³-hybridized carbons (Fsp3) is 0.652. The number of methoxy groups -OCH3 is 1. The molecule has 32 heavy (non-hydrogen) atoms. The molecule has 1 aromatic carbocycles. The normalized spacial score (nSPS) is 18.2. The Morgan fingerprint density at radius 2 is 1.69 bits per heavy atom. The van der Waals surface area contributed by atoms with Gasteiger partial charge in [0.1, 0.15) is 5.75 Å². The number of halogens is 1. The summed E-state index contributed by atoms with van der Waals surface area (Å²) in [6, 6.07) is 8.37. The molecule has 2 saturated heterocycles. The highest BCUT2D eigenvalue weighted by molar-refractivity contribution is 14.0. The molecular formula is C23H38IN5O3. The number of carbonyl (C=O) groups is 1. The number of hydrogen-bond donors (Lipinski definition) is 1. The van der Waals surface area contributed by atoms with Crippen molar-refractivity contribution in [1.82, 2.24) is 20.0 Å². The van der Waals surface area contributed by atoms with Gasteiger partial charge < -0.3 is 24.6 Å². The van der Waals surface area contributed by atoms with Crippen LogP contribution in [-0.2, 0) is 11.3 Å². The average molecular weight is 559 g/mol. The first-order valence-electron chi connectivity index (χ1n) is 11.4. The number of rotatable bonds is 6. The van der Waals surface area contributed by atoms with Crippen LogP contribution >= 0.6 is 24.0 Å². The molecule has 1 amide bonds. The first-order chi connectivity index (χ1) is 15.1. The number of aliphatic imine (C=N–C) groups is 1. The molecule has 8 nitrogen and oxygen atoms in total. The van der Waals surface area contributed by atoms with Crippen molar-refractivity contribution >= 4 is 36.0 Å². The maximum absolute atomic E-state index is 11.9. The number of benzene rings is 1. The lowest BCUT2D eigenvalue weighted by molar-refractivity contribution is 0.0913. The molecule has 3 rings (SSSR count). The van der Waals surface area contributed by atoms with Crippen LogP contribution in [0.25, 0.3) is 0 Å². The van der Waals surface area contributed by atoms with Crippen molar-refractivity contribution in [3.63, 3.8) is 0 Å². The molecule has 0 unspecified atom stereocenters. The topological polar surface area (TPSA) is 69.6 Å². The Kier molecular flexibility index (Phi) is 11.4. The largest absolute Gasteiger partial charge is 0.497 e. The van der Waals surface area contributed by atoms with E-state index < -0.39 is 0 Å². The minimum absolute atomic E-state index is 0. The van der Waals surface area contributed by atoms with Gasteiger partial charge in [-0.2, -0.15) is 0 Å². The van der Waals surface area contributed by atoms with Crippen molar-refractivity contribution in [2.24, 2.45) is 10.9 Å². The molecule has 1 N–H and O–H groups in total. The van der Waals surface area contributed by atoms with Crippen molar-refractivity contribution < 1.29 is 14.3 Å². The average Bonchev–Trinajstić information content (AvgIpc) is 2.81. The number of piperidine rings is 1. The Morgan fingerprint density at radius 1 is 1.06 bits per heavy atom. The molecule has 180 valence electrons. The van der Waals surface area contributed by atoms with Crippen LogP contribution in [0.1, 0.15) is 25.3 Å². The predicted molar refractivity (Wildman–Crippen MR) is 138 cm³/mol. The summed E-state index contributed by atoms with van der Waals surface area (Å²) >= 11 is 0. The quantitative estimate of drug-likeness (QED) is 0.329. The van der Waals surface area contributed by atoms with Crippen LogP contribution in [0.3, 0.4) is 0 Å². The van der Waals surface area contributed by atoms with Gasteiger partial charge in [0.15, 0.2) is 5.96 Å². The Labute approximate surface area is 209 Å². The molecule has 0 bridgehead atoms. The van der Waals surface area contributed by atoms with E-state index in [4.69, 9.17) is 9.47 Å². The van der Waals surface area contributed by atoms with Gasteiger partial charge in [0.25, 0.3) is 0 Å². The van der Waals surface area contributed by atoms with Crippen LogP contribution in [0.4, 0.5) is 4.79 Å². The van der Waals surface area contributed by atoms with E-state index in [0.29, 0.717) is 25.6 Å². The summed E-state index contributed by atoms with van der Waals surface area (Å²) in [7, 11) is 3.53. The Morgan fingerprint density at radius 3 is 2.25 bits per heavy atom. The van der Waals surface area contributed by atoms with E-state index in [9.17, 15) is 4.79 Å². The second kappa shape index (κ2) is 13.7. The molecule has 2 fully saturated rings. The number of ether oxygens (including phenoxy) is 2. The molecule has 2 heterocycles.